The van der Waals surface area contributed by atoms with Crippen LogP contribution in [0.4, 0.5) is 4.39 Å². The number of rotatable bonds is 4. The Labute approximate surface area is 131 Å². The van der Waals surface area contributed by atoms with E-state index in [0.717, 1.165) is 10.9 Å². The molecule has 1 saturated heterocycles. The predicted molar refractivity (Wildman–Crippen MR) is 80.5 cm³/mol. The Bertz CT molecular complexity index is 743. The summed E-state index contributed by atoms with van der Waals surface area (Å²) in [4.78, 5) is 27.8. The number of carbonyl (C=O) groups excluding carboxylic acids is 1. The number of benzene rings is 1. The van der Waals surface area contributed by atoms with Gasteiger partial charge in [0.05, 0.1) is 25.6 Å². The lowest BCUT2D eigenvalue weighted by Crippen LogP contribution is -2.46. The van der Waals surface area contributed by atoms with Crippen LogP contribution in [0.25, 0.3) is 10.9 Å². The van der Waals surface area contributed by atoms with E-state index in [9.17, 15) is 14.0 Å². The summed E-state index contributed by atoms with van der Waals surface area (Å²) in [6.07, 6.45) is 1.31. The molecule has 23 heavy (non-hydrogen) atoms. The Hall–Kier alpha value is -2.41. The van der Waals surface area contributed by atoms with E-state index in [2.05, 4.69) is 4.98 Å². The number of ether oxygens (including phenoxy) is 1. The van der Waals surface area contributed by atoms with Crippen LogP contribution in [0.15, 0.2) is 24.4 Å². The zero-order valence-corrected chi connectivity index (χ0v) is 12.4. The normalized spacial score (nSPS) is 18.3. The minimum absolute atomic E-state index is 0.0890. The topological polar surface area (TPSA) is 82.6 Å². The van der Waals surface area contributed by atoms with Gasteiger partial charge in [0.1, 0.15) is 5.82 Å². The van der Waals surface area contributed by atoms with Crippen molar-refractivity contribution in [2.75, 3.05) is 19.7 Å². The van der Waals surface area contributed by atoms with Gasteiger partial charge in [-0.1, -0.05) is 0 Å². The Kier molecular flexibility index (Phi) is 4.29. The van der Waals surface area contributed by atoms with E-state index in [1.165, 1.54) is 12.1 Å². The SMILES string of the molecule is O=C(O)C[C@H]1CN(C(=O)Cc2c[nH]c3cc(F)ccc23)CCO1. The molecule has 6 nitrogen and oxygen atoms in total. The third-order valence-electron chi connectivity index (χ3n) is 3.96. The molecule has 1 atom stereocenters. The highest BCUT2D eigenvalue weighted by molar-refractivity contribution is 5.89. The number of carbonyl (C=O) groups is 2. The van der Waals surface area contributed by atoms with Gasteiger partial charge in [-0.15, -0.1) is 0 Å². The Morgan fingerprint density at radius 3 is 3.04 bits per heavy atom. The number of hydrogen-bond acceptors (Lipinski definition) is 3. The van der Waals surface area contributed by atoms with Crippen molar-refractivity contribution in [3.63, 3.8) is 0 Å². The molecule has 0 saturated carbocycles. The smallest absolute Gasteiger partial charge is 0.306 e. The van der Waals surface area contributed by atoms with Gasteiger partial charge in [0, 0.05) is 30.2 Å². The molecule has 122 valence electrons. The first kappa shape index (κ1) is 15.5. The highest BCUT2D eigenvalue weighted by Gasteiger charge is 2.26. The maximum Gasteiger partial charge on any atom is 0.306 e. The monoisotopic (exact) mass is 320 g/mol. The molecule has 0 unspecified atom stereocenters. The van der Waals surface area contributed by atoms with E-state index in [-0.39, 0.29) is 31.1 Å². The molecule has 0 aliphatic carbocycles. The van der Waals surface area contributed by atoms with Gasteiger partial charge in [-0.3, -0.25) is 9.59 Å². The van der Waals surface area contributed by atoms with Gasteiger partial charge >= 0.3 is 5.97 Å². The molecule has 0 spiro atoms. The largest absolute Gasteiger partial charge is 0.481 e. The molecule has 3 rings (SSSR count). The van der Waals surface area contributed by atoms with Gasteiger partial charge in [0.2, 0.25) is 5.91 Å². The van der Waals surface area contributed by atoms with Crippen LogP contribution in [0.3, 0.4) is 0 Å². The van der Waals surface area contributed by atoms with Gasteiger partial charge in [0.15, 0.2) is 0 Å². The number of amides is 1. The van der Waals surface area contributed by atoms with E-state index in [1.807, 2.05) is 0 Å². The van der Waals surface area contributed by atoms with E-state index in [1.54, 1.807) is 17.2 Å². The molecule has 0 radical (unpaired) electrons. The van der Waals surface area contributed by atoms with Crippen molar-refractivity contribution >= 4 is 22.8 Å². The number of nitrogens with zero attached hydrogens (tertiary/aromatic N) is 1. The predicted octanol–water partition coefficient (Wildman–Crippen LogP) is 1.55. The second-order valence-corrected chi connectivity index (χ2v) is 5.61. The lowest BCUT2D eigenvalue weighted by Gasteiger charge is -2.32. The van der Waals surface area contributed by atoms with Crippen LogP contribution in [-0.4, -0.2) is 52.7 Å². The van der Waals surface area contributed by atoms with Gasteiger partial charge in [-0.25, -0.2) is 4.39 Å². The summed E-state index contributed by atoms with van der Waals surface area (Å²) in [5, 5.41) is 9.64. The summed E-state index contributed by atoms with van der Waals surface area (Å²) < 4.78 is 18.6. The Morgan fingerprint density at radius 2 is 2.26 bits per heavy atom. The second-order valence-electron chi connectivity index (χ2n) is 5.61. The van der Waals surface area contributed by atoms with Crippen molar-refractivity contribution in [3.8, 4) is 0 Å². The number of aromatic amines is 1. The van der Waals surface area contributed by atoms with Crippen LogP contribution >= 0.6 is 0 Å². The number of morpholine rings is 1. The molecule has 1 aliphatic rings. The average Bonchev–Trinajstić information content (AvgIpc) is 2.89. The number of carboxylic acid groups (broad SMARTS) is 1. The molecule has 2 heterocycles. The molecule has 1 aromatic carbocycles. The molecule has 7 heteroatoms. The fourth-order valence-electron chi connectivity index (χ4n) is 2.84. The van der Waals surface area contributed by atoms with Gasteiger partial charge < -0.3 is 19.7 Å². The number of aliphatic carboxylic acids is 1. The summed E-state index contributed by atoms with van der Waals surface area (Å²) in [6.45, 7) is 1.07. The van der Waals surface area contributed by atoms with Gasteiger partial charge in [0.25, 0.3) is 0 Å². The van der Waals surface area contributed by atoms with E-state index in [4.69, 9.17) is 9.84 Å². The van der Waals surface area contributed by atoms with Crippen LogP contribution in [0.2, 0.25) is 0 Å². The fraction of sp³-hybridized carbons (Fsp3) is 0.375. The van der Waals surface area contributed by atoms with Crippen LogP contribution in [-0.2, 0) is 20.7 Å². The number of hydrogen-bond donors (Lipinski definition) is 2. The number of carboxylic acids is 1. The number of fused-ring (bicyclic) bond motifs is 1. The fourth-order valence-corrected chi connectivity index (χ4v) is 2.84. The first-order valence-corrected chi connectivity index (χ1v) is 7.39. The average molecular weight is 320 g/mol. The minimum Gasteiger partial charge on any atom is -0.481 e. The summed E-state index contributed by atoms with van der Waals surface area (Å²) in [6, 6.07) is 4.40. The van der Waals surface area contributed by atoms with Crippen molar-refractivity contribution in [1.29, 1.82) is 0 Å². The standard InChI is InChI=1S/C16H17FN2O4/c17-11-1-2-13-10(8-18-14(13)6-11)5-15(20)19-3-4-23-12(9-19)7-16(21)22/h1-2,6,8,12,18H,3-5,7,9H2,(H,21,22)/t12-/m0/s1. The summed E-state index contributed by atoms with van der Waals surface area (Å²) in [5.41, 5.74) is 1.45. The maximum atomic E-state index is 13.2. The van der Waals surface area contributed by atoms with Crippen LogP contribution in [0.5, 0.6) is 0 Å². The number of H-pyrrole nitrogens is 1. The second kappa shape index (κ2) is 6.37. The summed E-state index contributed by atoms with van der Waals surface area (Å²) in [7, 11) is 0. The van der Waals surface area contributed by atoms with Crippen molar-refractivity contribution in [3.05, 3.63) is 35.8 Å². The lowest BCUT2D eigenvalue weighted by atomic mass is 10.1. The van der Waals surface area contributed by atoms with E-state index < -0.39 is 12.1 Å². The first-order chi connectivity index (χ1) is 11.0. The molecule has 1 aliphatic heterocycles. The van der Waals surface area contributed by atoms with Gasteiger partial charge in [-0.05, 0) is 23.8 Å². The maximum absolute atomic E-state index is 13.2. The molecular weight excluding hydrogens is 303 g/mol. The van der Waals surface area contributed by atoms with Crippen molar-refractivity contribution in [2.24, 2.45) is 0 Å². The zero-order chi connectivity index (χ0) is 16.4. The molecule has 1 fully saturated rings. The van der Waals surface area contributed by atoms with Crippen LogP contribution in [0.1, 0.15) is 12.0 Å². The first-order valence-electron chi connectivity index (χ1n) is 7.39. The third kappa shape index (κ3) is 3.50. The number of halogens is 1. The summed E-state index contributed by atoms with van der Waals surface area (Å²) >= 11 is 0. The summed E-state index contributed by atoms with van der Waals surface area (Å²) in [5.74, 6) is -1.36. The Balaban J connectivity index is 1.69. The van der Waals surface area contributed by atoms with Crippen molar-refractivity contribution in [2.45, 2.75) is 18.9 Å². The molecule has 1 aromatic heterocycles. The Morgan fingerprint density at radius 1 is 1.43 bits per heavy atom. The van der Waals surface area contributed by atoms with E-state index >= 15 is 0 Å². The van der Waals surface area contributed by atoms with Gasteiger partial charge in [-0.2, -0.15) is 0 Å². The zero-order valence-electron chi connectivity index (χ0n) is 12.4. The molecule has 0 bridgehead atoms. The lowest BCUT2D eigenvalue weighted by molar-refractivity contribution is -0.147. The molecule has 2 N–H and O–H groups in total. The van der Waals surface area contributed by atoms with Crippen molar-refractivity contribution < 1.29 is 23.8 Å². The number of nitrogens with one attached hydrogen (secondary N) is 1. The highest BCUT2D eigenvalue weighted by atomic mass is 19.1. The molecule has 1 amide bonds. The molecule has 2 aromatic rings. The third-order valence-corrected chi connectivity index (χ3v) is 3.96. The quantitative estimate of drug-likeness (QED) is 0.895. The number of aromatic nitrogens is 1. The molecular formula is C16H17FN2O4. The van der Waals surface area contributed by atoms with E-state index in [0.29, 0.717) is 18.7 Å². The van der Waals surface area contributed by atoms with Crippen molar-refractivity contribution in [1.82, 2.24) is 9.88 Å². The van der Waals surface area contributed by atoms with Crippen LogP contribution < -0.4 is 0 Å². The van der Waals surface area contributed by atoms with Crippen LogP contribution in [0, 0.1) is 5.82 Å². The highest BCUT2D eigenvalue weighted by Crippen LogP contribution is 2.21. The minimum atomic E-state index is -0.942.